The zero-order chi connectivity index (χ0) is 12.8. The maximum atomic E-state index is 11.4. The molecule has 5 heteroatoms. The Hall–Kier alpha value is -1.10. The minimum Gasteiger partial charge on any atom is -0.468 e. The Kier molecular flexibility index (Phi) is 6.03. The van der Waals surface area contributed by atoms with Gasteiger partial charge in [0.05, 0.1) is 13.7 Å². The largest absolute Gasteiger partial charge is 0.468 e. The van der Waals surface area contributed by atoms with Crippen LogP contribution < -0.4 is 5.32 Å². The van der Waals surface area contributed by atoms with Crippen LogP contribution in [0, 0.1) is 0 Å². The van der Waals surface area contributed by atoms with E-state index in [1.807, 2.05) is 6.92 Å². The van der Waals surface area contributed by atoms with Gasteiger partial charge >= 0.3 is 11.9 Å². The van der Waals surface area contributed by atoms with Gasteiger partial charge in [-0.1, -0.05) is 6.92 Å². The highest BCUT2D eigenvalue weighted by Crippen LogP contribution is 2.06. The Balaban J connectivity index is 4.03. The van der Waals surface area contributed by atoms with Crippen LogP contribution >= 0.6 is 0 Å². The summed E-state index contributed by atoms with van der Waals surface area (Å²) in [5.41, 5.74) is -0.508. The van der Waals surface area contributed by atoms with Crippen molar-refractivity contribution in [1.29, 1.82) is 0 Å². The molecule has 1 N–H and O–H groups in total. The second-order valence-electron chi connectivity index (χ2n) is 4.45. The Morgan fingerprint density at radius 1 is 1.31 bits per heavy atom. The molecule has 0 fully saturated rings. The first-order valence-electron chi connectivity index (χ1n) is 5.33. The number of esters is 2. The normalized spacial score (nSPS) is 13.1. The monoisotopic (exact) mass is 231 g/mol. The van der Waals surface area contributed by atoms with E-state index in [-0.39, 0.29) is 18.5 Å². The molecule has 0 rings (SSSR count). The van der Waals surface area contributed by atoms with Gasteiger partial charge in [-0.15, -0.1) is 0 Å². The quantitative estimate of drug-likeness (QED) is 0.711. The van der Waals surface area contributed by atoms with Crippen molar-refractivity contribution in [2.45, 2.75) is 45.8 Å². The molecular weight excluding hydrogens is 210 g/mol. The van der Waals surface area contributed by atoms with Gasteiger partial charge in [0.25, 0.3) is 0 Å². The van der Waals surface area contributed by atoms with Gasteiger partial charge in [-0.05, 0) is 27.2 Å². The van der Waals surface area contributed by atoms with Crippen molar-refractivity contribution >= 4 is 11.9 Å². The smallest absolute Gasteiger partial charge is 0.322 e. The van der Waals surface area contributed by atoms with Crippen molar-refractivity contribution in [3.8, 4) is 0 Å². The molecule has 0 saturated heterocycles. The van der Waals surface area contributed by atoms with E-state index in [0.717, 1.165) is 0 Å². The average Bonchev–Trinajstić information content (AvgIpc) is 2.15. The molecule has 1 unspecified atom stereocenters. The number of nitrogens with one attached hydrogen (secondary N) is 1. The van der Waals surface area contributed by atoms with Crippen LogP contribution in [0.1, 0.15) is 34.1 Å². The van der Waals surface area contributed by atoms with Crippen LogP contribution in [-0.4, -0.2) is 37.2 Å². The Morgan fingerprint density at radius 3 is 2.25 bits per heavy atom. The molecule has 0 saturated carbocycles. The van der Waals surface area contributed by atoms with Gasteiger partial charge in [0.1, 0.15) is 11.6 Å². The molecule has 0 aromatic rings. The maximum absolute atomic E-state index is 11.4. The number of ether oxygens (including phenoxy) is 2. The highest BCUT2D eigenvalue weighted by atomic mass is 16.6. The van der Waals surface area contributed by atoms with Gasteiger partial charge in [0.15, 0.2) is 0 Å². The Morgan fingerprint density at radius 2 is 1.88 bits per heavy atom. The summed E-state index contributed by atoms with van der Waals surface area (Å²) < 4.78 is 9.68. The first kappa shape index (κ1) is 14.9. The fourth-order valence-electron chi connectivity index (χ4n) is 1.12. The van der Waals surface area contributed by atoms with E-state index in [2.05, 4.69) is 10.1 Å². The summed E-state index contributed by atoms with van der Waals surface area (Å²) in [6.45, 7) is 7.22. The van der Waals surface area contributed by atoms with E-state index in [1.54, 1.807) is 20.8 Å². The molecule has 0 aromatic carbocycles. The lowest BCUT2D eigenvalue weighted by molar-refractivity contribution is -0.154. The van der Waals surface area contributed by atoms with E-state index in [9.17, 15) is 9.59 Å². The molecule has 94 valence electrons. The maximum Gasteiger partial charge on any atom is 0.322 e. The molecule has 0 spiro atoms. The van der Waals surface area contributed by atoms with Gasteiger partial charge in [0, 0.05) is 0 Å². The molecule has 0 aliphatic rings. The lowest BCUT2D eigenvalue weighted by Gasteiger charge is -2.20. The van der Waals surface area contributed by atoms with E-state index in [4.69, 9.17) is 4.74 Å². The van der Waals surface area contributed by atoms with Crippen molar-refractivity contribution < 1.29 is 19.1 Å². The lowest BCUT2D eigenvalue weighted by Crippen LogP contribution is -2.41. The number of carbonyl (C=O) groups is 2. The van der Waals surface area contributed by atoms with Crippen LogP contribution in [0.25, 0.3) is 0 Å². The lowest BCUT2D eigenvalue weighted by atomic mass is 10.2. The SMILES string of the molecule is CCC(NCC(=O)OC(C)(C)C)C(=O)OC. The fourth-order valence-corrected chi connectivity index (χ4v) is 1.12. The first-order chi connectivity index (χ1) is 7.30. The molecule has 0 aromatic heterocycles. The van der Waals surface area contributed by atoms with Crippen molar-refractivity contribution in [2.75, 3.05) is 13.7 Å². The molecule has 16 heavy (non-hydrogen) atoms. The van der Waals surface area contributed by atoms with E-state index < -0.39 is 11.6 Å². The average molecular weight is 231 g/mol. The zero-order valence-electron chi connectivity index (χ0n) is 10.6. The molecule has 0 amide bonds. The molecule has 1 atom stereocenters. The third-order valence-corrected chi connectivity index (χ3v) is 1.81. The summed E-state index contributed by atoms with van der Waals surface area (Å²) in [4.78, 5) is 22.6. The minimum absolute atomic E-state index is 0.00484. The number of hydrogen-bond acceptors (Lipinski definition) is 5. The van der Waals surface area contributed by atoms with E-state index >= 15 is 0 Å². The van der Waals surface area contributed by atoms with E-state index in [0.29, 0.717) is 6.42 Å². The molecule has 5 nitrogen and oxygen atoms in total. The summed E-state index contributed by atoms with van der Waals surface area (Å²) in [5.74, 6) is -0.749. The van der Waals surface area contributed by atoms with Gasteiger partial charge in [-0.2, -0.15) is 0 Å². The second-order valence-corrected chi connectivity index (χ2v) is 4.45. The summed E-state index contributed by atoms with van der Waals surface area (Å²) in [6.07, 6.45) is 0.565. The predicted octanol–water partition coefficient (Wildman–Crippen LogP) is 0.869. The summed E-state index contributed by atoms with van der Waals surface area (Å²) in [5, 5.41) is 2.79. The van der Waals surface area contributed by atoms with Crippen LogP contribution in [-0.2, 0) is 19.1 Å². The van der Waals surface area contributed by atoms with Crippen LogP contribution in [0.3, 0.4) is 0 Å². The summed E-state index contributed by atoms with van der Waals surface area (Å²) in [6, 6.07) is -0.461. The molecule has 0 heterocycles. The summed E-state index contributed by atoms with van der Waals surface area (Å²) in [7, 11) is 1.32. The number of carbonyl (C=O) groups excluding carboxylic acids is 2. The van der Waals surface area contributed by atoms with E-state index in [1.165, 1.54) is 7.11 Å². The first-order valence-corrected chi connectivity index (χ1v) is 5.33. The highest BCUT2D eigenvalue weighted by molar-refractivity contribution is 5.77. The Labute approximate surface area is 96.5 Å². The minimum atomic E-state index is -0.508. The molecule has 0 aliphatic carbocycles. The summed E-state index contributed by atoms with van der Waals surface area (Å²) >= 11 is 0. The molecule has 0 radical (unpaired) electrons. The van der Waals surface area contributed by atoms with Crippen molar-refractivity contribution in [3.63, 3.8) is 0 Å². The van der Waals surface area contributed by atoms with Crippen molar-refractivity contribution in [3.05, 3.63) is 0 Å². The molecule has 0 bridgehead atoms. The number of methoxy groups -OCH3 is 1. The van der Waals surface area contributed by atoms with Gasteiger partial charge < -0.3 is 9.47 Å². The standard InChI is InChI=1S/C11H21NO4/c1-6-8(10(14)15-5)12-7-9(13)16-11(2,3)4/h8,12H,6-7H2,1-5H3. The molecular formula is C11H21NO4. The third-order valence-electron chi connectivity index (χ3n) is 1.81. The zero-order valence-corrected chi connectivity index (χ0v) is 10.6. The van der Waals surface area contributed by atoms with Crippen LogP contribution in [0.2, 0.25) is 0 Å². The Bertz CT molecular complexity index is 245. The van der Waals surface area contributed by atoms with Gasteiger partial charge in [-0.3, -0.25) is 14.9 Å². The number of rotatable bonds is 5. The van der Waals surface area contributed by atoms with Gasteiger partial charge in [-0.25, -0.2) is 0 Å². The van der Waals surface area contributed by atoms with Crippen LogP contribution in [0.15, 0.2) is 0 Å². The highest BCUT2D eigenvalue weighted by Gasteiger charge is 2.20. The predicted molar refractivity (Wildman–Crippen MR) is 59.9 cm³/mol. The third kappa shape index (κ3) is 6.40. The van der Waals surface area contributed by atoms with Crippen LogP contribution in [0.5, 0.6) is 0 Å². The second kappa shape index (κ2) is 6.48. The van der Waals surface area contributed by atoms with Crippen molar-refractivity contribution in [1.82, 2.24) is 5.32 Å². The van der Waals surface area contributed by atoms with Gasteiger partial charge in [0.2, 0.25) is 0 Å². The molecule has 0 aliphatic heterocycles. The number of hydrogen-bond donors (Lipinski definition) is 1. The van der Waals surface area contributed by atoms with Crippen LogP contribution in [0.4, 0.5) is 0 Å². The fraction of sp³-hybridized carbons (Fsp3) is 0.818. The topological polar surface area (TPSA) is 64.6 Å². The van der Waals surface area contributed by atoms with Crippen molar-refractivity contribution in [2.24, 2.45) is 0 Å².